The first kappa shape index (κ1) is 13.4. The van der Waals surface area contributed by atoms with Crippen molar-refractivity contribution in [3.8, 4) is 0 Å². The number of hydrogen-bond acceptors (Lipinski definition) is 5. The SMILES string of the molecule is Cc1noc(CCNc2cccc(Cl)c2C(=O)O)n1. The number of carbonyl (C=O) groups is 1. The summed E-state index contributed by atoms with van der Waals surface area (Å²) >= 11 is 5.86. The Morgan fingerprint density at radius 1 is 1.53 bits per heavy atom. The Morgan fingerprint density at radius 2 is 2.32 bits per heavy atom. The van der Waals surface area contributed by atoms with E-state index in [1.54, 1.807) is 19.1 Å². The van der Waals surface area contributed by atoms with Crippen molar-refractivity contribution >= 4 is 23.3 Å². The molecular formula is C12H12ClN3O3. The van der Waals surface area contributed by atoms with Crippen molar-refractivity contribution in [2.24, 2.45) is 0 Å². The third kappa shape index (κ3) is 3.23. The van der Waals surface area contributed by atoms with E-state index in [4.69, 9.17) is 21.2 Å². The van der Waals surface area contributed by atoms with Crippen molar-refractivity contribution in [1.29, 1.82) is 0 Å². The van der Waals surface area contributed by atoms with Crippen LogP contribution in [0, 0.1) is 6.92 Å². The fraction of sp³-hybridized carbons (Fsp3) is 0.250. The molecule has 0 fully saturated rings. The highest BCUT2D eigenvalue weighted by molar-refractivity contribution is 6.34. The number of anilines is 1. The highest BCUT2D eigenvalue weighted by Crippen LogP contribution is 2.24. The lowest BCUT2D eigenvalue weighted by molar-refractivity contribution is 0.0698. The maximum atomic E-state index is 11.1. The van der Waals surface area contributed by atoms with E-state index in [1.165, 1.54) is 6.07 Å². The van der Waals surface area contributed by atoms with Crippen molar-refractivity contribution in [2.75, 3.05) is 11.9 Å². The van der Waals surface area contributed by atoms with Crippen LogP contribution < -0.4 is 5.32 Å². The number of halogens is 1. The van der Waals surface area contributed by atoms with E-state index < -0.39 is 5.97 Å². The van der Waals surface area contributed by atoms with E-state index in [0.717, 1.165) is 0 Å². The van der Waals surface area contributed by atoms with Gasteiger partial charge < -0.3 is 14.9 Å². The summed E-state index contributed by atoms with van der Waals surface area (Å²) in [6, 6.07) is 4.89. The Bertz CT molecular complexity index is 598. The number of aromatic nitrogens is 2. The number of carboxylic acid groups (broad SMARTS) is 1. The first-order valence-corrected chi connectivity index (χ1v) is 6.00. The van der Waals surface area contributed by atoms with Gasteiger partial charge in [0.1, 0.15) is 5.56 Å². The van der Waals surface area contributed by atoms with Crippen LogP contribution in [0.3, 0.4) is 0 Å². The van der Waals surface area contributed by atoms with E-state index in [2.05, 4.69) is 15.5 Å². The predicted octanol–water partition coefficient (Wildman–Crippen LogP) is 2.38. The smallest absolute Gasteiger partial charge is 0.339 e. The van der Waals surface area contributed by atoms with Gasteiger partial charge in [-0.05, 0) is 19.1 Å². The molecule has 7 heteroatoms. The highest BCUT2D eigenvalue weighted by Gasteiger charge is 2.14. The first-order valence-electron chi connectivity index (χ1n) is 5.63. The number of rotatable bonds is 5. The standard InChI is InChI=1S/C12H12ClN3O3/c1-7-15-10(19-16-7)5-6-14-9-4-2-3-8(13)11(9)12(17)18/h2-4,14H,5-6H2,1H3,(H,17,18). The number of aromatic carboxylic acids is 1. The molecule has 0 saturated carbocycles. The Balaban J connectivity index is 2.03. The van der Waals surface area contributed by atoms with Crippen molar-refractivity contribution in [3.63, 3.8) is 0 Å². The number of hydrogen-bond donors (Lipinski definition) is 2. The molecule has 0 aliphatic rings. The van der Waals surface area contributed by atoms with Gasteiger partial charge >= 0.3 is 5.97 Å². The van der Waals surface area contributed by atoms with Crippen molar-refractivity contribution in [2.45, 2.75) is 13.3 Å². The number of benzene rings is 1. The van der Waals surface area contributed by atoms with Crippen LogP contribution in [-0.4, -0.2) is 27.8 Å². The van der Waals surface area contributed by atoms with Crippen molar-refractivity contribution in [3.05, 3.63) is 40.5 Å². The first-order chi connectivity index (χ1) is 9.08. The second-order valence-corrected chi connectivity index (χ2v) is 4.29. The minimum atomic E-state index is -1.07. The lowest BCUT2D eigenvalue weighted by Gasteiger charge is -2.09. The second-order valence-electron chi connectivity index (χ2n) is 3.88. The zero-order chi connectivity index (χ0) is 13.8. The molecule has 1 aromatic carbocycles. The molecule has 6 nitrogen and oxygen atoms in total. The van der Waals surface area contributed by atoms with Crippen LogP contribution in [0.1, 0.15) is 22.1 Å². The third-order valence-corrected chi connectivity index (χ3v) is 2.77. The van der Waals surface area contributed by atoms with Gasteiger partial charge in [-0.15, -0.1) is 0 Å². The Morgan fingerprint density at radius 3 is 2.95 bits per heavy atom. The summed E-state index contributed by atoms with van der Waals surface area (Å²) in [6.45, 7) is 2.21. The molecule has 2 rings (SSSR count). The monoisotopic (exact) mass is 281 g/mol. The topological polar surface area (TPSA) is 88.2 Å². The van der Waals surface area contributed by atoms with Gasteiger partial charge in [0.25, 0.3) is 0 Å². The van der Waals surface area contributed by atoms with E-state index >= 15 is 0 Å². The molecule has 2 N–H and O–H groups in total. The summed E-state index contributed by atoms with van der Waals surface area (Å²) < 4.78 is 4.96. The lowest BCUT2D eigenvalue weighted by Crippen LogP contribution is -2.10. The number of nitrogens with one attached hydrogen (secondary N) is 1. The summed E-state index contributed by atoms with van der Waals surface area (Å²) in [5, 5.41) is 16.0. The molecule has 0 unspecified atom stereocenters. The van der Waals surface area contributed by atoms with Gasteiger partial charge in [0.05, 0.1) is 10.7 Å². The van der Waals surface area contributed by atoms with Gasteiger partial charge in [-0.2, -0.15) is 4.98 Å². The molecular weight excluding hydrogens is 270 g/mol. The number of nitrogens with zero attached hydrogens (tertiary/aromatic N) is 2. The lowest BCUT2D eigenvalue weighted by atomic mass is 10.1. The third-order valence-electron chi connectivity index (χ3n) is 2.45. The molecule has 0 saturated heterocycles. The van der Waals surface area contributed by atoms with Crippen LogP contribution >= 0.6 is 11.6 Å². The molecule has 0 aliphatic heterocycles. The average Bonchev–Trinajstić information content (AvgIpc) is 2.74. The maximum Gasteiger partial charge on any atom is 0.339 e. The van der Waals surface area contributed by atoms with Crippen molar-refractivity contribution in [1.82, 2.24) is 10.1 Å². The van der Waals surface area contributed by atoms with Crippen LogP contribution in [0.2, 0.25) is 5.02 Å². The van der Waals surface area contributed by atoms with Gasteiger partial charge in [-0.25, -0.2) is 4.79 Å². The predicted molar refractivity (Wildman–Crippen MR) is 69.6 cm³/mol. The largest absolute Gasteiger partial charge is 0.478 e. The molecule has 0 radical (unpaired) electrons. The normalized spacial score (nSPS) is 10.4. The number of aryl methyl sites for hydroxylation is 1. The molecule has 0 atom stereocenters. The highest BCUT2D eigenvalue weighted by atomic mass is 35.5. The summed E-state index contributed by atoms with van der Waals surface area (Å²) in [7, 11) is 0. The molecule has 2 aromatic rings. The summed E-state index contributed by atoms with van der Waals surface area (Å²) in [6.07, 6.45) is 0.506. The zero-order valence-corrected chi connectivity index (χ0v) is 10.9. The molecule has 0 spiro atoms. The van der Waals surface area contributed by atoms with Gasteiger partial charge in [0.2, 0.25) is 5.89 Å². The number of carboxylic acids is 1. The Hall–Kier alpha value is -2.08. The molecule has 1 aromatic heterocycles. The Kier molecular flexibility index (Phi) is 4.01. The van der Waals surface area contributed by atoms with Gasteiger partial charge in [0, 0.05) is 13.0 Å². The van der Waals surface area contributed by atoms with Gasteiger partial charge in [0.15, 0.2) is 5.82 Å². The minimum absolute atomic E-state index is 0.0610. The summed E-state index contributed by atoms with van der Waals surface area (Å²) in [5.74, 6) is 0.00891. The van der Waals surface area contributed by atoms with Crippen LogP contribution in [0.25, 0.3) is 0 Å². The maximum absolute atomic E-state index is 11.1. The van der Waals surface area contributed by atoms with E-state index in [9.17, 15) is 4.79 Å². The Labute approximate surface area is 114 Å². The molecule has 1 heterocycles. The van der Waals surface area contributed by atoms with E-state index in [0.29, 0.717) is 30.4 Å². The van der Waals surface area contributed by atoms with Gasteiger partial charge in [-0.3, -0.25) is 0 Å². The van der Waals surface area contributed by atoms with E-state index in [-0.39, 0.29) is 10.6 Å². The quantitative estimate of drug-likeness (QED) is 0.875. The molecule has 100 valence electrons. The zero-order valence-electron chi connectivity index (χ0n) is 10.2. The molecule has 0 amide bonds. The molecule has 0 aliphatic carbocycles. The fourth-order valence-corrected chi connectivity index (χ4v) is 1.89. The minimum Gasteiger partial charge on any atom is -0.478 e. The average molecular weight is 282 g/mol. The summed E-state index contributed by atoms with van der Waals surface area (Å²) in [4.78, 5) is 15.2. The van der Waals surface area contributed by atoms with Crippen LogP contribution in [0.15, 0.2) is 22.7 Å². The fourth-order valence-electron chi connectivity index (χ4n) is 1.63. The molecule has 0 bridgehead atoms. The van der Waals surface area contributed by atoms with Crippen LogP contribution in [-0.2, 0) is 6.42 Å². The van der Waals surface area contributed by atoms with Crippen LogP contribution in [0.4, 0.5) is 5.69 Å². The van der Waals surface area contributed by atoms with Crippen molar-refractivity contribution < 1.29 is 14.4 Å². The molecule has 19 heavy (non-hydrogen) atoms. The second kappa shape index (κ2) is 5.71. The van der Waals surface area contributed by atoms with Crippen LogP contribution in [0.5, 0.6) is 0 Å². The van der Waals surface area contributed by atoms with Gasteiger partial charge in [-0.1, -0.05) is 22.8 Å². The summed E-state index contributed by atoms with van der Waals surface area (Å²) in [5.41, 5.74) is 0.530. The van der Waals surface area contributed by atoms with E-state index in [1.807, 2.05) is 0 Å².